The number of hydrogen-bond donors (Lipinski definition) is 2. The molecule has 118 valence electrons. The van der Waals surface area contributed by atoms with E-state index in [1.807, 2.05) is 0 Å². The fourth-order valence-electron chi connectivity index (χ4n) is 2.90. The SMILES string of the molecule is CC(O)c1cccc(S(=O)(=O)NCCC2CCCCC2)c1. The zero-order valence-corrected chi connectivity index (χ0v) is 13.4. The predicted octanol–water partition coefficient (Wildman–Crippen LogP) is 2.99. The third-order valence-corrected chi connectivity index (χ3v) is 5.68. The highest BCUT2D eigenvalue weighted by Crippen LogP contribution is 2.26. The molecule has 1 fully saturated rings. The molecule has 0 bridgehead atoms. The van der Waals surface area contributed by atoms with Crippen LogP contribution in [-0.2, 0) is 10.0 Å². The van der Waals surface area contributed by atoms with Gasteiger partial charge in [0.05, 0.1) is 11.0 Å². The van der Waals surface area contributed by atoms with E-state index in [1.54, 1.807) is 25.1 Å². The third-order valence-electron chi connectivity index (χ3n) is 4.22. The zero-order valence-electron chi connectivity index (χ0n) is 12.6. The third kappa shape index (κ3) is 4.80. The lowest BCUT2D eigenvalue weighted by molar-refractivity contribution is 0.199. The summed E-state index contributed by atoms with van der Waals surface area (Å²) in [6.07, 6.45) is 6.55. The van der Waals surface area contributed by atoms with Gasteiger partial charge in [-0.15, -0.1) is 0 Å². The topological polar surface area (TPSA) is 66.4 Å². The van der Waals surface area contributed by atoms with E-state index in [0.29, 0.717) is 18.0 Å². The van der Waals surface area contributed by atoms with Gasteiger partial charge in [-0.05, 0) is 37.0 Å². The molecule has 1 aromatic carbocycles. The fourth-order valence-corrected chi connectivity index (χ4v) is 4.00. The van der Waals surface area contributed by atoms with Gasteiger partial charge in [0, 0.05) is 6.54 Å². The summed E-state index contributed by atoms with van der Waals surface area (Å²) in [5, 5.41) is 9.54. The van der Waals surface area contributed by atoms with Gasteiger partial charge in [0.25, 0.3) is 0 Å². The van der Waals surface area contributed by atoms with Crippen LogP contribution in [0.4, 0.5) is 0 Å². The standard InChI is InChI=1S/C16H25NO3S/c1-13(18)15-8-5-9-16(12-15)21(19,20)17-11-10-14-6-3-2-4-7-14/h5,8-9,12-14,17-18H,2-4,6-7,10-11H2,1H3. The van der Waals surface area contributed by atoms with E-state index in [1.165, 1.54) is 38.2 Å². The monoisotopic (exact) mass is 311 g/mol. The summed E-state index contributed by atoms with van der Waals surface area (Å²) >= 11 is 0. The molecule has 1 saturated carbocycles. The van der Waals surface area contributed by atoms with Crippen molar-refractivity contribution in [1.82, 2.24) is 4.72 Å². The first-order valence-corrected chi connectivity index (χ1v) is 9.25. The van der Waals surface area contributed by atoms with Gasteiger partial charge < -0.3 is 5.11 Å². The van der Waals surface area contributed by atoms with Crippen molar-refractivity contribution >= 4 is 10.0 Å². The highest BCUT2D eigenvalue weighted by molar-refractivity contribution is 7.89. The molecule has 0 radical (unpaired) electrons. The van der Waals surface area contributed by atoms with Crippen molar-refractivity contribution in [3.63, 3.8) is 0 Å². The lowest BCUT2D eigenvalue weighted by Crippen LogP contribution is -2.26. The van der Waals surface area contributed by atoms with E-state index in [9.17, 15) is 13.5 Å². The van der Waals surface area contributed by atoms with Crippen LogP contribution in [0.25, 0.3) is 0 Å². The van der Waals surface area contributed by atoms with E-state index >= 15 is 0 Å². The second-order valence-electron chi connectivity index (χ2n) is 5.94. The smallest absolute Gasteiger partial charge is 0.240 e. The Bertz CT molecular complexity index is 548. The largest absolute Gasteiger partial charge is 0.389 e. The van der Waals surface area contributed by atoms with Crippen molar-refractivity contribution < 1.29 is 13.5 Å². The highest BCUT2D eigenvalue weighted by atomic mass is 32.2. The Hall–Kier alpha value is -0.910. The van der Waals surface area contributed by atoms with Gasteiger partial charge in [-0.2, -0.15) is 0 Å². The normalized spacial score (nSPS) is 18.6. The van der Waals surface area contributed by atoms with Crippen LogP contribution in [0.2, 0.25) is 0 Å². The van der Waals surface area contributed by atoms with Crippen molar-refractivity contribution in [2.45, 2.75) is 56.4 Å². The molecule has 0 amide bonds. The van der Waals surface area contributed by atoms with Gasteiger partial charge in [0.2, 0.25) is 10.0 Å². The highest BCUT2D eigenvalue weighted by Gasteiger charge is 2.17. The van der Waals surface area contributed by atoms with E-state index in [4.69, 9.17) is 0 Å². The van der Waals surface area contributed by atoms with Crippen LogP contribution in [0.3, 0.4) is 0 Å². The molecule has 1 atom stereocenters. The van der Waals surface area contributed by atoms with Crippen molar-refractivity contribution in [2.24, 2.45) is 5.92 Å². The molecule has 2 rings (SSSR count). The maximum atomic E-state index is 12.3. The molecule has 4 nitrogen and oxygen atoms in total. The summed E-state index contributed by atoms with van der Waals surface area (Å²) in [6.45, 7) is 2.12. The summed E-state index contributed by atoms with van der Waals surface area (Å²) < 4.78 is 27.2. The summed E-state index contributed by atoms with van der Waals surface area (Å²) in [7, 11) is -3.48. The molecule has 2 N–H and O–H groups in total. The van der Waals surface area contributed by atoms with Gasteiger partial charge in [0.1, 0.15) is 0 Å². The average Bonchev–Trinajstić information content (AvgIpc) is 2.48. The maximum Gasteiger partial charge on any atom is 0.240 e. The fraction of sp³-hybridized carbons (Fsp3) is 0.625. The molecule has 21 heavy (non-hydrogen) atoms. The molecule has 1 aromatic rings. The number of nitrogens with one attached hydrogen (secondary N) is 1. The van der Waals surface area contributed by atoms with Crippen LogP contribution in [0.1, 0.15) is 57.1 Å². The first-order chi connectivity index (χ1) is 9.99. The molecule has 1 aliphatic carbocycles. The van der Waals surface area contributed by atoms with Gasteiger partial charge in [-0.3, -0.25) is 0 Å². The number of sulfonamides is 1. The maximum absolute atomic E-state index is 12.3. The average molecular weight is 311 g/mol. The molecule has 5 heteroatoms. The Balaban J connectivity index is 1.93. The van der Waals surface area contributed by atoms with Crippen LogP contribution in [-0.4, -0.2) is 20.1 Å². The Labute approximate surface area is 127 Å². The minimum absolute atomic E-state index is 0.226. The summed E-state index contributed by atoms with van der Waals surface area (Å²) in [5.74, 6) is 0.658. The van der Waals surface area contributed by atoms with Crippen LogP contribution < -0.4 is 4.72 Å². The first-order valence-electron chi connectivity index (χ1n) is 7.77. The Morgan fingerprint density at radius 3 is 2.67 bits per heavy atom. The number of hydrogen-bond acceptors (Lipinski definition) is 3. The van der Waals surface area contributed by atoms with Gasteiger partial charge in [0.15, 0.2) is 0 Å². The second kappa shape index (κ2) is 7.38. The van der Waals surface area contributed by atoms with Crippen molar-refractivity contribution in [3.8, 4) is 0 Å². The van der Waals surface area contributed by atoms with Crippen molar-refractivity contribution in [2.75, 3.05) is 6.54 Å². The zero-order chi connectivity index (χ0) is 15.3. The Morgan fingerprint density at radius 2 is 2.00 bits per heavy atom. The van der Waals surface area contributed by atoms with Crippen LogP contribution >= 0.6 is 0 Å². The molecular weight excluding hydrogens is 286 g/mol. The van der Waals surface area contributed by atoms with Gasteiger partial charge >= 0.3 is 0 Å². The van der Waals surface area contributed by atoms with Crippen LogP contribution in [0, 0.1) is 5.92 Å². The summed E-state index contributed by atoms with van der Waals surface area (Å²) in [4.78, 5) is 0.226. The Kier molecular flexibility index (Phi) is 5.79. The van der Waals surface area contributed by atoms with E-state index in [0.717, 1.165) is 6.42 Å². The van der Waals surface area contributed by atoms with Crippen molar-refractivity contribution in [1.29, 1.82) is 0 Å². The summed E-state index contributed by atoms with van der Waals surface area (Å²) in [5.41, 5.74) is 0.616. The molecule has 0 heterocycles. The number of aliphatic hydroxyl groups is 1. The predicted molar refractivity (Wildman–Crippen MR) is 83.5 cm³/mol. The molecule has 0 aliphatic heterocycles. The van der Waals surface area contributed by atoms with Crippen molar-refractivity contribution in [3.05, 3.63) is 29.8 Å². The van der Waals surface area contributed by atoms with Gasteiger partial charge in [-0.25, -0.2) is 13.1 Å². The number of aliphatic hydroxyl groups excluding tert-OH is 1. The lowest BCUT2D eigenvalue weighted by Gasteiger charge is -2.21. The molecular formula is C16H25NO3S. The second-order valence-corrected chi connectivity index (χ2v) is 7.71. The molecule has 1 unspecified atom stereocenters. The summed E-state index contributed by atoms with van der Waals surface area (Å²) in [6, 6.07) is 6.49. The van der Waals surface area contributed by atoms with Gasteiger partial charge in [-0.1, -0.05) is 44.2 Å². The van der Waals surface area contributed by atoms with Crippen LogP contribution in [0.15, 0.2) is 29.2 Å². The minimum Gasteiger partial charge on any atom is -0.389 e. The van der Waals surface area contributed by atoms with E-state index in [-0.39, 0.29) is 4.90 Å². The molecule has 0 saturated heterocycles. The minimum atomic E-state index is -3.48. The molecule has 0 aromatic heterocycles. The lowest BCUT2D eigenvalue weighted by atomic mass is 9.87. The van der Waals surface area contributed by atoms with E-state index < -0.39 is 16.1 Å². The number of rotatable bonds is 6. The van der Waals surface area contributed by atoms with Crippen LogP contribution in [0.5, 0.6) is 0 Å². The Morgan fingerprint density at radius 1 is 1.29 bits per heavy atom. The van der Waals surface area contributed by atoms with E-state index in [2.05, 4.69) is 4.72 Å². The molecule has 0 spiro atoms. The number of benzene rings is 1. The quantitative estimate of drug-likeness (QED) is 0.848. The molecule has 1 aliphatic rings. The first kappa shape index (κ1) is 16.5.